The maximum atomic E-state index is 3.50. The van der Waals surface area contributed by atoms with E-state index in [2.05, 4.69) is 57.3 Å². The fourth-order valence-electron chi connectivity index (χ4n) is 2.64. The fraction of sp³-hybridized carbons (Fsp3) is 0.600. The third kappa shape index (κ3) is 4.29. The van der Waals surface area contributed by atoms with Crippen molar-refractivity contribution in [3.63, 3.8) is 0 Å². The minimum absolute atomic E-state index is 0.921. The molecule has 0 aliphatic carbocycles. The van der Waals surface area contributed by atoms with Crippen molar-refractivity contribution in [3.8, 4) is 0 Å². The van der Waals surface area contributed by atoms with Gasteiger partial charge < -0.3 is 10.2 Å². The Balaban J connectivity index is 1.72. The quantitative estimate of drug-likeness (QED) is 0.885. The first-order valence-corrected chi connectivity index (χ1v) is 7.79. The van der Waals surface area contributed by atoms with Gasteiger partial charge in [0.25, 0.3) is 0 Å². The van der Waals surface area contributed by atoms with Gasteiger partial charge in [-0.15, -0.1) is 0 Å². The van der Waals surface area contributed by atoms with Gasteiger partial charge in [0.2, 0.25) is 0 Å². The average Bonchev–Trinajstić information content (AvgIpc) is 2.39. The van der Waals surface area contributed by atoms with Gasteiger partial charge in [-0.25, -0.2) is 0 Å². The maximum absolute atomic E-state index is 3.50. The van der Waals surface area contributed by atoms with E-state index in [1.165, 1.54) is 38.0 Å². The lowest BCUT2D eigenvalue weighted by Crippen LogP contribution is -2.38. The second kappa shape index (κ2) is 7.15. The van der Waals surface area contributed by atoms with Gasteiger partial charge in [0.05, 0.1) is 0 Å². The van der Waals surface area contributed by atoms with Crippen molar-refractivity contribution in [1.82, 2.24) is 4.90 Å². The van der Waals surface area contributed by atoms with Gasteiger partial charge in [-0.05, 0) is 43.5 Å². The monoisotopic (exact) mass is 310 g/mol. The highest BCUT2D eigenvalue weighted by Crippen LogP contribution is 2.19. The first-order valence-electron chi connectivity index (χ1n) is 6.99. The lowest BCUT2D eigenvalue weighted by molar-refractivity contribution is 0.177. The van der Waals surface area contributed by atoms with Crippen molar-refractivity contribution < 1.29 is 0 Å². The number of likely N-dealkylation sites (tertiary alicyclic amines) is 1. The number of piperidine rings is 1. The van der Waals surface area contributed by atoms with Gasteiger partial charge in [-0.3, -0.25) is 0 Å². The SMILES string of the molecule is CCC1CCCN(CCNc2cccc(Br)c2)C1. The van der Waals surface area contributed by atoms with E-state index in [1.54, 1.807) is 0 Å². The van der Waals surface area contributed by atoms with E-state index in [0.717, 1.165) is 23.5 Å². The van der Waals surface area contributed by atoms with Gasteiger partial charge in [0.15, 0.2) is 0 Å². The highest BCUT2D eigenvalue weighted by Gasteiger charge is 2.17. The van der Waals surface area contributed by atoms with E-state index >= 15 is 0 Å². The molecule has 0 radical (unpaired) electrons. The second-order valence-corrected chi connectivity index (χ2v) is 6.07. The first kappa shape index (κ1) is 13.9. The van der Waals surface area contributed by atoms with E-state index in [0.29, 0.717) is 0 Å². The lowest BCUT2D eigenvalue weighted by atomic mass is 9.96. The van der Waals surface area contributed by atoms with E-state index in [-0.39, 0.29) is 0 Å². The van der Waals surface area contributed by atoms with Crippen LogP contribution in [0.1, 0.15) is 26.2 Å². The molecule has 0 saturated carbocycles. The molecule has 3 heteroatoms. The summed E-state index contributed by atoms with van der Waals surface area (Å²) in [6.07, 6.45) is 4.12. The first-order chi connectivity index (χ1) is 8.78. The molecule has 18 heavy (non-hydrogen) atoms. The van der Waals surface area contributed by atoms with Crippen molar-refractivity contribution in [2.75, 3.05) is 31.5 Å². The Kier molecular flexibility index (Phi) is 5.51. The van der Waals surface area contributed by atoms with Crippen molar-refractivity contribution in [3.05, 3.63) is 28.7 Å². The molecule has 1 N–H and O–H groups in total. The summed E-state index contributed by atoms with van der Waals surface area (Å²) in [5, 5.41) is 3.49. The van der Waals surface area contributed by atoms with Crippen LogP contribution in [0.2, 0.25) is 0 Å². The smallest absolute Gasteiger partial charge is 0.0351 e. The van der Waals surface area contributed by atoms with Crippen LogP contribution in [0.4, 0.5) is 5.69 Å². The van der Waals surface area contributed by atoms with E-state index < -0.39 is 0 Å². The third-order valence-electron chi connectivity index (χ3n) is 3.76. The number of anilines is 1. The largest absolute Gasteiger partial charge is 0.384 e. The maximum Gasteiger partial charge on any atom is 0.0351 e. The van der Waals surface area contributed by atoms with Crippen molar-refractivity contribution in [2.24, 2.45) is 5.92 Å². The summed E-state index contributed by atoms with van der Waals surface area (Å²) in [5.74, 6) is 0.921. The molecule has 1 saturated heterocycles. The molecule has 0 aromatic heterocycles. The molecule has 2 rings (SSSR count). The summed E-state index contributed by atoms with van der Waals surface area (Å²) in [7, 11) is 0. The molecule has 1 aromatic rings. The summed E-state index contributed by atoms with van der Waals surface area (Å²) in [4.78, 5) is 2.60. The zero-order chi connectivity index (χ0) is 12.8. The molecule has 0 amide bonds. The molecule has 1 aliphatic heterocycles. The zero-order valence-corrected chi connectivity index (χ0v) is 12.7. The number of nitrogens with one attached hydrogen (secondary N) is 1. The van der Waals surface area contributed by atoms with E-state index in [9.17, 15) is 0 Å². The number of benzene rings is 1. The number of hydrogen-bond donors (Lipinski definition) is 1. The van der Waals surface area contributed by atoms with Gasteiger partial charge in [0.1, 0.15) is 0 Å². The summed E-state index contributed by atoms with van der Waals surface area (Å²) in [5.41, 5.74) is 1.20. The Hall–Kier alpha value is -0.540. The fourth-order valence-corrected chi connectivity index (χ4v) is 3.04. The van der Waals surface area contributed by atoms with Gasteiger partial charge in [-0.1, -0.05) is 35.3 Å². The highest BCUT2D eigenvalue weighted by molar-refractivity contribution is 9.10. The van der Waals surface area contributed by atoms with Gasteiger partial charge in [0, 0.05) is 29.8 Å². The van der Waals surface area contributed by atoms with Crippen LogP contribution in [-0.2, 0) is 0 Å². The summed E-state index contributed by atoms with van der Waals surface area (Å²) in [6.45, 7) is 7.07. The molecule has 1 aromatic carbocycles. The average molecular weight is 311 g/mol. The Bertz CT molecular complexity index is 367. The van der Waals surface area contributed by atoms with Gasteiger partial charge in [-0.2, -0.15) is 0 Å². The number of rotatable bonds is 5. The van der Waals surface area contributed by atoms with Crippen LogP contribution in [0, 0.1) is 5.92 Å². The standard InChI is InChI=1S/C15H23BrN2/c1-2-13-5-4-9-18(12-13)10-8-17-15-7-3-6-14(16)11-15/h3,6-7,11,13,17H,2,4-5,8-10,12H2,1H3. The minimum atomic E-state index is 0.921. The molecule has 0 spiro atoms. The Labute approximate surface area is 119 Å². The predicted octanol–water partition coefficient (Wildman–Crippen LogP) is 3.98. The van der Waals surface area contributed by atoms with Crippen molar-refractivity contribution in [1.29, 1.82) is 0 Å². The Morgan fingerprint density at radius 2 is 2.33 bits per heavy atom. The summed E-state index contributed by atoms with van der Waals surface area (Å²) >= 11 is 3.50. The van der Waals surface area contributed by atoms with Crippen LogP contribution in [0.25, 0.3) is 0 Å². The summed E-state index contributed by atoms with van der Waals surface area (Å²) in [6, 6.07) is 8.38. The molecule has 1 aliphatic rings. The van der Waals surface area contributed by atoms with Crippen LogP contribution < -0.4 is 5.32 Å². The number of nitrogens with zero attached hydrogens (tertiary/aromatic N) is 1. The van der Waals surface area contributed by atoms with Crippen LogP contribution in [-0.4, -0.2) is 31.1 Å². The van der Waals surface area contributed by atoms with Crippen molar-refractivity contribution in [2.45, 2.75) is 26.2 Å². The van der Waals surface area contributed by atoms with Crippen LogP contribution in [0.3, 0.4) is 0 Å². The number of hydrogen-bond acceptors (Lipinski definition) is 2. The van der Waals surface area contributed by atoms with E-state index in [1.807, 2.05) is 0 Å². The molecular weight excluding hydrogens is 288 g/mol. The number of halogens is 1. The van der Waals surface area contributed by atoms with Crippen LogP contribution >= 0.6 is 15.9 Å². The molecular formula is C15H23BrN2. The topological polar surface area (TPSA) is 15.3 Å². The minimum Gasteiger partial charge on any atom is -0.384 e. The van der Waals surface area contributed by atoms with Gasteiger partial charge >= 0.3 is 0 Å². The normalized spacial score (nSPS) is 20.9. The van der Waals surface area contributed by atoms with Crippen molar-refractivity contribution >= 4 is 21.6 Å². The molecule has 0 bridgehead atoms. The molecule has 1 heterocycles. The predicted molar refractivity (Wildman–Crippen MR) is 82.1 cm³/mol. The lowest BCUT2D eigenvalue weighted by Gasteiger charge is -2.32. The summed E-state index contributed by atoms with van der Waals surface area (Å²) < 4.78 is 1.14. The third-order valence-corrected chi connectivity index (χ3v) is 4.26. The van der Waals surface area contributed by atoms with Crippen LogP contribution in [0.5, 0.6) is 0 Å². The Morgan fingerprint density at radius 3 is 3.11 bits per heavy atom. The van der Waals surface area contributed by atoms with Crippen LogP contribution in [0.15, 0.2) is 28.7 Å². The zero-order valence-electron chi connectivity index (χ0n) is 11.2. The molecule has 1 unspecified atom stereocenters. The molecule has 2 nitrogen and oxygen atoms in total. The Morgan fingerprint density at radius 1 is 1.44 bits per heavy atom. The second-order valence-electron chi connectivity index (χ2n) is 5.15. The molecule has 1 atom stereocenters. The highest BCUT2D eigenvalue weighted by atomic mass is 79.9. The molecule has 100 valence electrons. The molecule has 1 fully saturated rings. The van der Waals surface area contributed by atoms with E-state index in [4.69, 9.17) is 0 Å².